The fourth-order valence-corrected chi connectivity index (χ4v) is 3.73. The van der Waals surface area contributed by atoms with Gasteiger partial charge in [-0.25, -0.2) is 0 Å². The molecule has 0 radical (unpaired) electrons. The highest BCUT2D eigenvalue weighted by atomic mass is 32.2. The summed E-state index contributed by atoms with van der Waals surface area (Å²) < 4.78 is 7.30. The Morgan fingerprint density at radius 2 is 1.96 bits per heavy atom. The minimum Gasteiger partial charge on any atom is -0.497 e. The first-order valence-corrected chi connectivity index (χ1v) is 10.6. The van der Waals surface area contributed by atoms with E-state index in [1.54, 1.807) is 7.11 Å². The number of benzene rings is 1. The van der Waals surface area contributed by atoms with Crippen LogP contribution in [0.4, 0.5) is 5.69 Å². The monoisotopic (exact) mass is 405 g/mol. The summed E-state index contributed by atoms with van der Waals surface area (Å²) in [6, 6.07) is 7.51. The van der Waals surface area contributed by atoms with Crippen LogP contribution in [0.15, 0.2) is 29.4 Å². The minimum absolute atomic E-state index is 0.0681. The zero-order valence-corrected chi connectivity index (χ0v) is 18.3. The standard InChI is InChI=1S/C20H31N5O2S/c1-6-8-13-25-19(17(7-2)24(3)4)22-23-20(25)28-14-18(26)21-15-9-11-16(27-5)12-10-15/h9-12,17H,6-8,13-14H2,1-5H3,(H,21,26). The second-order valence-electron chi connectivity index (χ2n) is 6.80. The van der Waals surface area contributed by atoms with Crippen LogP contribution in [0.5, 0.6) is 5.75 Å². The number of nitrogens with zero attached hydrogens (tertiary/aromatic N) is 4. The van der Waals surface area contributed by atoms with E-state index >= 15 is 0 Å². The molecule has 1 heterocycles. The smallest absolute Gasteiger partial charge is 0.234 e. The second kappa shape index (κ2) is 11.1. The van der Waals surface area contributed by atoms with Gasteiger partial charge in [0.1, 0.15) is 5.75 Å². The number of amides is 1. The fourth-order valence-electron chi connectivity index (χ4n) is 2.96. The lowest BCUT2D eigenvalue weighted by atomic mass is 10.2. The number of hydrogen-bond acceptors (Lipinski definition) is 6. The molecule has 8 heteroatoms. The molecular weight excluding hydrogens is 374 g/mol. The zero-order chi connectivity index (χ0) is 20.5. The van der Waals surface area contributed by atoms with Crippen LogP contribution < -0.4 is 10.1 Å². The molecule has 1 aromatic heterocycles. The average molecular weight is 406 g/mol. The van der Waals surface area contributed by atoms with Gasteiger partial charge in [-0.1, -0.05) is 32.0 Å². The third-order valence-electron chi connectivity index (χ3n) is 4.49. The van der Waals surface area contributed by atoms with Crippen molar-refractivity contribution < 1.29 is 9.53 Å². The zero-order valence-electron chi connectivity index (χ0n) is 17.4. The summed E-state index contributed by atoms with van der Waals surface area (Å²) in [6.07, 6.45) is 3.11. The average Bonchev–Trinajstić information content (AvgIpc) is 3.08. The first kappa shape index (κ1) is 22.2. The summed E-state index contributed by atoms with van der Waals surface area (Å²) in [5, 5.41) is 12.5. The topological polar surface area (TPSA) is 72.3 Å². The molecule has 154 valence electrons. The number of carbonyl (C=O) groups is 1. The van der Waals surface area contributed by atoms with Gasteiger partial charge in [0.2, 0.25) is 5.91 Å². The molecule has 0 spiro atoms. The molecule has 0 fully saturated rings. The summed E-state index contributed by atoms with van der Waals surface area (Å²) in [5.41, 5.74) is 0.748. The van der Waals surface area contributed by atoms with Crippen LogP contribution in [-0.4, -0.2) is 52.5 Å². The number of methoxy groups -OCH3 is 1. The first-order chi connectivity index (χ1) is 13.5. The van der Waals surface area contributed by atoms with E-state index in [9.17, 15) is 4.79 Å². The van der Waals surface area contributed by atoms with E-state index in [1.165, 1.54) is 11.8 Å². The SMILES string of the molecule is CCCCn1c(SCC(=O)Nc2ccc(OC)cc2)nnc1C(CC)N(C)C. The van der Waals surface area contributed by atoms with Crippen molar-refractivity contribution in [3.8, 4) is 5.75 Å². The van der Waals surface area contributed by atoms with E-state index in [1.807, 2.05) is 24.3 Å². The molecule has 1 aromatic carbocycles. The van der Waals surface area contributed by atoms with E-state index in [4.69, 9.17) is 4.74 Å². The van der Waals surface area contributed by atoms with Gasteiger partial charge in [0.25, 0.3) is 0 Å². The largest absolute Gasteiger partial charge is 0.497 e. The third kappa shape index (κ3) is 5.97. The lowest BCUT2D eigenvalue weighted by Crippen LogP contribution is -2.23. The predicted octanol–water partition coefficient (Wildman–Crippen LogP) is 3.83. The number of carbonyl (C=O) groups excluding carboxylic acids is 1. The predicted molar refractivity (Wildman–Crippen MR) is 114 cm³/mol. The van der Waals surface area contributed by atoms with Gasteiger partial charge < -0.3 is 14.6 Å². The Hall–Kier alpha value is -2.06. The molecule has 0 bridgehead atoms. The second-order valence-corrected chi connectivity index (χ2v) is 7.74. The van der Waals surface area contributed by atoms with Gasteiger partial charge in [-0.2, -0.15) is 0 Å². The van der Waals surface area contributed by atoms with Crippen molar-refractivity contribution in [2.75, 3.05) is 32.3 Å². The van der Waals surface area contributed by atoms with Crippen LogP contribution in [0.2, 0.25) is 0 Å². The van der Waals surface area contributed by atoms with Gasteiger partial charge in [0.05, 0.1) is 18.9 Å². The molecule has 1 atom stereocenters. The van der Waals surface area contributed by atoms with Crippen LogP contribution in [0.1, 0.15) is 45.0 Å². The number of unbranched alkanes of at least 4 members (excludes halogenated alkanes) is 1. The van der Waals surface area contributed by atoms with Gasteiger partial charge in [-0.05, 0) is 51.2 Å². The maximum absolute atomic E-state index is 12.3. The number of anilines is 1. The molecule has 1 unspecified atom stereocenters. The molecule has 2 aromatic rings. The number of ether oxygens (including phenoxy) is 1. The van der Waals surface area contributed by atoms with Crippen LogP contribution in [0.3, 0.4) is 0 Å². The lowest BCUT2D eigenvalue weighted by Gasteiger charge is -2.23. The normalized spacial score (nSPS) is 12.2. The van der Waals surface area contributed by atoms with Crippen LogP contribution in [0, 0.1) is 0 Å². The number of aromatic nitrogens is 3. The lowest BCUT2D eigenvalue weighted by molar-refractivity contribution is -0.113. The molecule has 28 heavy (non-hydrogen) atoms. The van der Waals surface area contributed by atoms with Crippen molar-refractivity contribution >= 4 is 23.4 Å². The van der Waals surface area contributed by atoms with E-state index in [2.05, 4.69) is 52.9 Å². The van der Waals surface area contributed by atoms with Crippen LogP contribution in [-0.2, 0) is 11.3 Å². The first-order valence-electron chi connectivity index (χ1n) is 9.66. The van der Waals surface area contributed by atoms with Crippen LogP contribution >= 0.6 is 11.8 Å². The molecule has 0 saturated heterocycles. The molecule has 0 aliphatic rings. The number of hydrogen-bond donors (Lipinski definition) is 1. The molecule has 2 rings (SSSR count). The third-order valence-corrected chi connectivity index (χ3v) is 5.46. The highest BCUT2D eigenvalue weighted by Crippen LogP contribution is 2.26. The Kier molecular flexibility index (Phi) is 8.79. The van der Waals surface area contributed by atoms with Gasteiger partial charge in [0, 0.05) is 12.2 Å². The summed E-state index contributed by atoms with van der Waals surface area (Å²) in [6.45, 7) is 5.19. The highest BCUT2D eigenvalue weighted by molar-refractivity contribution is 7.99. The molecule has 0 aliphatic carbocycles. The van der Waals surface area contributed by atoms with Crippen molar-refractivity contribution in [3.63, 3.8) is 0 Å². The Labute approximate surface area is 171 Å². The highest BCUT2D eigenvalue weighted by Gasteiger charge is 2.22. The molecule has 7 nitrogen and oxygen atoms in total. The molecule has 0 aliphatic heterocycles. The quantitative estimate of drug-likeness (QED) is 0.573. The Morgan fingerprint density at radius 3 is 2.54 bits per heavy atom. The maximum atomic E-state index is 12.3. The molecule has 0 saturated carbocycles. The van der Waals surface area contributed by atoms with Gasteiger partial charge in [-0.15, -0.1) is 10.2 Å². The summed E-state index contributed by atoms with van der Waals surface area (Å²) >= 11 is 1.43. The summed E-state index contributed by atoms with van der Waals surface area (Å²) in [7, 11) is 5.73. The number of rotatable bonds is 11. The van der Waals surface area contributed by atoms with E-state index in [0.29, 0.717) is 0 Å². The van der Waals surface area contributed by atoms with E-state index < -0.39 is 0 Å². The number of nitrogens with one attached hydrogen (secondary N) is 1. The molecular formula is C20H31N5O2S. The number of thioether (sulfide) groups is 1. The summed E-state index contributed by atoms with van der Waals surface area (Å²) in [4.78, 5) is 14.5. The van der Waals surface area contributed by atoms with E-state index in [0.717, 1.165) is 48.2 Å². The van der Waals surface area contributed by atoms with Crippen molar-refractivity contribution in [2.45, 2.75) is 50.9 Å². The van der Waals surface area contributed by atoms with Gasteiger partial charge >= 0.3 is 0 Å². The Bertz CT molecular complexity index is 746. The van der Waals surface area contributed by atoms with Crippen molar-refractivity contribution in [2.24, 2.45) is 0 Å². The van der Waals surface area contributed by atoms with Crippen LogP contribution in [0.25, 0.3) is 0 Å². The maximum Gasteiger partial charge on any atom is 0.234 e. The molecule has 1 N–H and O–H groups in total. The Balaban J connectivity index is 2.05. The van der Waals surface area contributed by atoms with Gasteiger partial charge in [-0.3, -0.25) is 9.69 Å². The summed E-state index contributed by atoms with van der Waals surface area (Å²) in [5.74, 6) is 1.95. The van der Waals surface area contributed by atoms with E-state index in [-0.39, 0.29) is 17.7 Å². The van der Waals surface area contributed by atoms with Crippen molar-refractivity contribution in [1.82, 2.24) is 19.7 Å². The van der Waals surface area contributed by atoms with Crippen molar-refractivity contribution in [3.05, 3.63) is 30.1 Å². The Morgan fingerprint density at radius 1 is 1.25 bits per heavy atom. The fraction of sp³-hybridized carbons (Fsp3) is 0.550. The minimum atomic E-state index is -0.0681. The van der Waals surface area contributed by atoms with Crippen molar-refractivity contribution in [1.29, 1.82) is 0 Å². The molecule has 1 amide bonds. The van der Waals surface area contributed by atoms with Gasteiger partial charge in [0.15, 0.2) is 11.0 Å².